The van der Waals surface area contributed by atoms with Gasteiger partial charge in [0.05, 0.1) is 24.8 Å². The number of rotatable bonds is 13. The summed E-state index contributed by atoms with van der Waals surface area (Å²) in [5, 5.41) is 2.94. The third kappa shape index (κ3) is 7.82. The molecule has 10 heteroatoms. The second-order valence-electron chi connectivity index (χ2n) is 10.4. The van der Waals surface area contributed by atoms with Gasteiger partial charge in [0.15, 0.2) is 11.5 Å². The molecule has 0 spiro atoms. The number of anilines is 1. The van der Waals surface area contributed by atoms with Crippen LogP contribution in [0.5, 0.6) is 11.5 Å². The van der Waals surface area contributed by atoms with Crippen molar-refractivity contribution in [3.63, 3.8) is 0 Å². The van der Waals surface area contributed by atoms with Gasteiger partial charge in [-0.25, -0.2) is 8.42 Å². The summed E-state index contributed by atoms with van der Waals surface area (Å²) < 4.78 is 39.9. The molecular weight excluding hydrogens is 554 g/mol. The summed E-state index contributed by atoms with van der Waals surface area (Å²) in [7, 11) is -1.27. The number of nitrogens with one attached hydrogen (secondary N) is 1. The topological polar surface area (TPSA) is 105 Å². The first kappa shape index (κ1) is 32.5. The van der Waals surface area contributed by atoms with E-state index in [2.05, 4.69) is 5.32 Å². The van der Waals surface area contributed by atoms with Gasteiger partial charge in [0.25, 0.3) is 10.0 Å². The Balaban J connectivity index is 2.09. The summed E-state index contributed by atoms with van der Waals surface area (Å²) in [6.45, 7) is 8.90. The first-order chi connectivity index (χ1) is 19.9. The minimum absolute atomic E-state index is 0.0310. The highest BCUT2D eigenvalue weighted by atomic mass is 32.2. The number of carbonyl (C=O) groups is 2. The SMILES string of the molecule is CC[C@@H](C)NC(=O)[C@H](C)N(Cc1cccc(C)c1)C(=O)CN(c1ccc(OC)c(OC)c1)S(=O)(=O)c1ccc(C)cc1. The highest BCUT2D eigenvalue weighted by Gasteiger charge is 2.33. The summed E-state index contributed by atoms with van der Waals surface area (Å²) >= 11 is 0. The molecule has 0 aliphatic heterocycles. The van der Waals surface area contributed by atoms with E-state index in [0.717, 1.165) is 27.4 Å². The van der Waals surface area contributed by atoms with Gasteiger partial charge in [-0.2, -0.15) is 0 Å². The van der Waals surface area contributed by atoms with E-state index < -0.39 is 28.5 Å². The molecule has 42 heavy (non-hydrogen) atoms. The molecule has 2 atom stereocenters. The van der Waals surface area contributed by atoms with Crippen molar-refractivity contribution in [2.45, 2.75) is 64.6 Å². The maximum Gasteiger partial charge on any atom is 0.264 e. The van der Waals surface area contributed by atoms with Gasteiger partial charge >= 0.3 is 0 Å². The maximum absolute atomic E-state index is 14.1. The summed E-state index contributed by atoms with van der Waals surface area (Å²) in [5.74, 6) is -0.126. The van der Waals surface area contributed by atoms with Crippen LogP contribution in [-0.4, -0.2) is 58.0 Å². The molecule has 0 aliphatic carbocycles. The molecule has 3 aromatic rings. The molecule has 0 fully saturated rings. The van der Waals surface area contributed by atoms with Crippen molar-refractivity contribution in [2.75, 3.05) is 25.1 Å². The number of methoxy groups -OCH3 is 2. The van der Waals surface area contributed by atoms with E-state index in [1.165, 1.54) is 37.3 Å². The van der Waals surface area contributed by atoms with E-state index in [1.807, 2.05) is 52.0 Å². The van der Waals surface area contributed by atoms with Crippen molar-refractivity contribution < 1.29 is 27.5 Å². The first-order valence-corrected chi connectivity index (χ1v) is 15.3. The second kappa shape index (κ2) is 14.2. The number of sulfonamides is 1. The predicted molar refractivity (Wildman–Crippen MR) is 164 cm³/mol. The fourth-order valence-electron chi connectivity index (χ4n) is 4.40. The molecule has 1 N–H and O–H groups in total. The zero-order valence-electron chi connectivity index (χ0n) is 25.4. The van der Waals surface area contributed by atoms with E-state index in [4.69, 9.17) is 9.47 Å². The van der Waals surface area contributed by atoms with Crippen LogP contribution in [0.25, 0.3) is 0 Å². The molecule has 0 bridgehead atoms. The molecule has 0 saturated heterocycles. The van der Waals surface area contributed by atoms with Crippen molar-refractivity contribution in [2.24, 2.45) is 0 Å². The highest BCUT2D eigenvalue weighted by molar-refractivity contribution is 7.92. The van der Waals surface area contributed by atoms with Crippen LogP contribution in [0.2, 0.25) is 0 Å². The molecule has 9 nitrogen and oxygen atoms in total. The smallest absolute Gasteiger partial charge is 0.264 e. The van der Waals surface area contributed by atoms with Crippen LogP contribution < -0.4 is 19.1 Å². The van der Waals surface area contributed by atoms with Crippen LogP contribution >= 0.6 is 0 Å². The van der Waals surface area contributed by atoms with E-state index in [9.17, 15) is 18.0 Å². The van der Waals surface area contributed by atoms with E-state index >= 15 is 0 Å². The minimum Gasteiger partial charge on any atom is -0.493 e. The van der Waals surface area contributed by atoms with Gasteiger partial charge in [-0.05, 0) is 63.9 Å². The van der Waals surface area contributed by atoms with Gasteiger partial charge < -0.3 is 19.7 Å². The molecule has 0 heterocycles. The minimum atomic E-state index is -4.20. The number of hydrogen-bond donors (Lipinski definition) is 1. The van der Waals surface area contributed by atoms with Gasteiger partial charge in [-0.1, -0.05) is 54.4 Å². The van der Waals surface area contributed by atoms with Crippen molar-refractivity contribution >= 4 is 27.5 Å². The van der Waals surface area contributed by atoms with Gasteiger partial charge in [-0.3, -0.25) is 13.9 Å². The number of hydrogen-bond acceptors (Lipinski definition) is 6. The van der Waals surface area contributed by atoms with Crippen LogP contribution in [-0.2, 0) is 26.2 Å². The first-order valence-electron chi connectivity index (χ1n) is 13.9. The van der Waals surface area contributed by atoms with Crippen LogP contribution in [0, 0.1) is 13.8 Å². The lowest BCUT2D eigenvalue weighted by Gasteiger charge is -2.32. The van der Waals surface area contributed by atoms with Crippen LogP contribution in [0.3, 0.4) is 0 Å². The standard InChI is InChI=1S/C32H41N3O6S/c1-8-24(4)33-32(37)25(5)34(20-26-11-9-10-23(3)18-26)31(36)21-35(27-14-17-29(40-6)30(19-27)41-7)42(38,39)28-15-12-22(2)13-16-28/h9-19,24-25H,8,20-21H2,1-7H3,(H,33,37)/t24-,25+/m1/s1. The van der Waals surface area contributed by atoms with Crippen molar-refractivity contribution in [1.82, 2.24) is 10.2 Å². The average Bonchev–Trinajstić information content (AvgIpc) is 2.97. The van der Waals surface area contributed by atoms with E-state index in [1.54, 1.807) is 31.2 Å². The predicted octanol–water partition coefficient (Wildman–Crippen LogP) is 4.85. The molecule has 0 saturated carbocycles. The Morgan fingerprint density at radius 1 is 0.881 bits per heavy atom. The van der Waals surface area contributed by atoms with Crippen LogP contribution in [0.4, 0.5) is 5.69 Å². The second-order valence-corrected chi connectivity index (χ2v) is 12.2. The van der Waals surface area contributed by atoms with Gasteiger partial charge in [-0.15, -0.1) is 0 Å². The lowest BCUT2D eigenvalue weighted by atomic mass is 10.1. The Bertz CT molecular complexity index is 1490. The zero-order chi connectivity index (χ0) is 31.0. The summed E-state index contributed by atoms with van der Waals surface area (Å²) in [6.07, 6.45) is 0.728. The molecule has 226 valence electrons. The number of amides is 2. The van der Waals surface area contributed by atoms with E-state index in [0.29, 0.717) is 11.5 Å². The Morgan fingerprint density at radius 2 is 1.55 bits per heavy atom. The van der Waals surface area contributed by atoms with Crippen molar-refractivity contribution in [3.05, 3.63) is 83.4 Å². The number of ether oxygens (including phenoxy) is 2. The quantitative estimate of drug-likeness (QED) is 0.303. The molecule has 0 radical (unpaired) electrons. The summed E-state index contributed by atoms with van der Waals surface area (Å²) in [6, 6.07) is 17.8. The fraction of sp³-hybridized carbons (Fsp3) is 0.375. The van der Waals surface area contributed by atoms with Crippen LogP contribution in [0.1, 0.15) is 43.9 Å². The zero-order valence-corrected chi connectivity index (χ0v) is 26.2. The average molecular weight is 596 g/mol. The van der Waals surface area contributed by atoms with E-state index in [-0.39, 0.29) is 29.1 Å². The normalized spacial score (nSPS) is 12.6. The van der Waals surface area contributed by atoms with Gasteiger partial charge in [0.1, 0.15) is 12.6 Å². The Labute approximate surface area is 249 Å². The molecule has 0 aromatic heterocycles. The third-order valence-electron chi connectivity index (χ3n) is 7.15. The van der Waals surface area contributed by atoms with Crippen LogP contribution in [0.15, 0.2) is 71.6 Å². The van der Waals surface area contributed by atoms with Crippen molar-refractivity contribution in [1.29, 1.82) is 0 Å². The number of carbonyl (C=O) groups excluding carboxylic acids is 2. The maximum atomic E-state index is 14.1. The largest absolute Gasteiger partial charge is 0.493 e. The summed E-state index contributed by atoms with van der Waals surface area (Å²) in [4.78, 5) is 28.8. The number of nitrogens with zero attached hydrogens (tertiary/aromatic N) is 2. The molecule has 3 aromatic carbocycles. The van der Waals surface area contributed by atoms with Gasteiger partial charge in [0.2, 0.25) is 11.8 Å². The highest BCUT2D eigenvalue weighted by Crippen LogP contribution is 2.34. The number of benzene rings is 3. The Kier molecular flexibility index (Phi) is 11.0. The van der Waals surface area contributed by atoms with Crippen molar-refractivity contribution in [3.8, 4) is 11.5 Å². The molecular formula is C32H41N3O6S. The fourth-order valence-corrected chi connectivity index (χ4v) is 5.81. The van der Waals surface area contributed by atoms with Gasteiger partial charge in [0, 0.05) is 18.7 Å². The number of aryl methyl sites for hydroxylation is 2. The third-order valence-corrected chi connectivity index (χ3v) is 8.93. The Hall–Kier alpha value is -4.05. The lowest BCUT2D eigenvalue weighted by Crippen LogP contribution is -2.52. The molecule has 0 unspecified atom stereocenters. The summed E-state index contributed by atoms with van der Waals surface area (Å²) in [5.41, 5.74) is 2.94. The monoisotopic (exact) mass is 595 g/mol. The molecule has 3 rings (SSSR count). The Morgan fingerprint density at radius 3 is 2.14 bits per heavy atom. The lowest BCUT2D eigenvalue weighted by molar-refractivity contribution is -0.139. The molecule has 2 amide bonds. The molecule has 0 aliphatic rings.